The fourth-order valence-corrected chi connectivity index (χ4v) is 1.16. The van der Waals surface area contributed by atoms with Gasteiger partial charge in [-0.3, -0.25) is 4.79 Å². The quantitative estimate of drug-likeness (QED) is 0.729. The maximum atomic E-state index is 11.2. The lowest BCUT2D eigenvalue weighted by molar-refractivity contribution is -0.119. The molecule has 0 aliphatic rings. The van der Waals surface area contributed by atoms with Crippen LogP contribution in [0.15, 0.2) is 24.3 Å². The summed E-state index contributed by atoms with van der Waals surface area (Å²) in [6.45, 7) is 0.360. The molecule has 0 saturated heterocycles. The zero-order valence-corrected chi connectivity index (χ0v) is 9.12. The lowest BCUT2D eigenvalue weighted by Gasteiger charge is -2.04. The third kappa shape index (κ3) is 4.13. The van der Waals surface area contributed by atoms with Crippen molar-refractivity contribution in [3.8, 4) is 11.8 Å². The first-order chi connectivity index (χ1) is 7.76. The lowest BCUT2D eigenvalue weighted by atomic mass is 10.2. The summed E-state index contributed by atoms with van der Waals surface area (Å²) in [5.74, 6) is 5.45. The van der Waals surface area contributed by atoms with Gasteiger partial charge in [0.15, 0.2) is 0 Å². The normalized spacial score (nSPS) is 9.12. The Kier molecular flexibility index (Phi) is 5.06. The van der Waals surface area contributed by atoms with E-state index in [1.54, 1.807) is 12.1 Å². The number of hydrogen-bond donors (Lipinski definition) is 2. The molecule has 0 bridgehead atoms. The number of nitrogens with one attached hydrogen (secondary N) is 1. The number of benzene rings is 1. The summed E-state index contributed by atoms with van der Waals surface area (Å²) in [7, 11) is 1.47. The maximum absolute atomic E-state index is 11.2. The van der Waals surface area contributed by atoms with E-state index < -0.39 is 0 Å². The van der Waals surface area contributed by atoms with Crippen LogP contribution in [0.5, 0.6) is 0 Å². The molecule has 1 amide bonds. The average Bonchev–Trinajstić information content (AvgIpc) is 2.27. The molecular weight excluding hydrogens is 204 g/mol. The molecule has 0 unspecified atom stereocenters. The van der Waals surface area contributed by atoms with Crippen molar-refractivity contribution < 1.29 is 9.53 Å². The van der Waals surface area contributed by atoms with Crippen molar-refractivity contribution >= 4 is 11.6 Å². The molecule has 4 heteroatoms. The van der Waals surface area contributed by atoms with Gasteiger partial charge in [0, 0.05) is 18.4 Å². The third-order valence-electron chi connectivity index (χ3n) is 1.76. The fraction of sp³-hybridized carbons (Fsp3) is 0.250. The van der Waals surface area contributed by atoms with Gasteiger partial charge in [-0.2, -0.15) is 0 Å². The molecule has 0 atom stereocenters. The predicted octanol–water partition coefficient (Wildman–Crippen LogP) is 0.582. The predicted molar refractivity (Wildman–Crippen MR) is 62.9 cm³/mol. The number of hydrogen-bond acceptors (Lipinski definition) is 3. The van der Waals surface area contributed by atoms with Gasteiger partial charge in [0.2, 0.25) is 5.91 Å². The lowest BCUT2D eigenvalue weighted by Crippen LogP contribution is -2.17. The molecule has 0 aliphatic heterocycles. The molecule has 0 spiro atoms. The molecule has 4 nitrogen and oxygen atoms in total. The van der Waals surface area contributed by atoms with Crippen molar-refractivity contribution in [3.05, 3.63) is 29.8 Å². The smallest absolute Gasteiger partial charge is 0.250 e. The molecule has 1 aromatic rings. The standard InChI is InChI=1S/C12H14N2O2/c1-16-9-12(15)14-11-6-2-4-10(8-11)5-3-7-13/h2,4,6,8H,7,9,13H2,1H3,(H,14,15). The van der Waals surface area contributed by atoms with Crippen molar-refractivity contribution in [2.24, 2.45) is 5.73 Å². The van der Waals surface area contributed by atoms with Crippen molar-refractivity contribution in [2.75, 3.05) is 25.6 Å². The number of ether oxygens (including phenoxy) is 1. The van der Waals surface area contributed by atoms with E-state index in [0.717, 1.165) is 5.56 Å². The van der Waals surface area contributed by atoms with Crippen LogP contribution in [0.3, 0.4) is 0 Å². The van der Waals surface area contributed by atoms with E-state index in [4.69, 9.17) is 10.5 Å². The van der Waals surface area contributed by atoms with E-state index in [9.17, 15) is 4.79 Å². The van der Waals surface area contributed by atoms with Gasteiger partial charge < -0.3 is 15.8 Å². The third-order valence-corrected chi connectivity index (χ3v) is 1.76. The van der Waals surface area contributed by atoms with Gasteiger partial charge >= 0.3 is 0 Å². The van der Waals surface area contributed by atoms with E-state index in [0.29, 0.717) is 12.2 Å². The minimum atomic E-state index is -0.188. The highest BCUT2D eigenvalue weighted by Crippen LogP contribution is 2.09. The number of anilines is 1. The Morgan fingerprint density at radius 1 is 1.56 bits per heavy atom. The van der Waals surface area contributed by atoms with Gasteiger partial charge in [-0.25, -0.2) is 0 Å². The van der Waals surface area contributed by atoms with Gasteiger partial charge in [0.1, 0.15) is 6.61 Å². The van der Waals surface area contributed by atoms with E-state index in [-0.39, 0.29) is 12.5 Å². The van der Waals surface area contributed by atoms with Crippen LogP contribution >= 0.6 is 0 Å². The van der Waals surface area contributed by atoms with Crippen LogP contribution in [0.25, 0.3) is 0 Å². The highest BCUT2D eigenvalue weighted by Gasteiger charge is 2.00. The zero-order chi connectivity index (χ0) is 11.8. The van der Waals surface area contributed by atoms with Crippen LogP contribution in [0.4, 0.5) is 5.69 Å². The van der Waals surface area contributed by atoms with Crippen LogP contribution in [-0.2, 0) is 9.53 Å². The second-order valence-corrected chi connectivity index (χ2v) is 3.07. The molecule has 0 fully saturated rings. The van der Waals surface area contributed by atoms with Crippen LogP contribution < -0.4 is 11.1 Å². The number of methoxy groups -OCH3 is 1. The van der Waals surface area contributed by atoms with Crippen LogP contribution in [0.1, 0.15) is 5.56 Å². The second kappa shape index (κ2) is 6.62. The Balaban J connectivity index is 2.71. The first kappa shape index (κ1) is 12.2. The monoisotopic (exact) mass is 218 g/mol. The van der Waals surface area contributed by atoms with Crippen LogP contribution in [0.2, 0.25) is 0 Å². The minimum absolute atomic E-state index is 0.0404. The summed E-state index contributed by atoms with van der Waals surface area (Å²) < 4.78 is 4.71. The summed E-state index contributed by atoms with van der Waals surface area (Å²) in [5.41, 5.74) is 6.79. The summed E-state index contributed by atoms with van der Waals surface area (Å²) in [4.78, 5) is 11.2. The molecule has 0 aliphatic carbocycles. The van der Waals surface area contributed by atoms with E-state index in [1.807, 2.05) is 12.1 Å². The number of carbonyl (C=O) groups is 1. The summed E-state index contributed by atoms with van der Waals surface area (Å²) >= 11 is 0. The van der Waals surface area contributed by atoms with Crippen molar-refractivity contribution in [1.82, 2.24) is 0 Å². The highest BCUT2D eigenvalue weighted by atomic mass is 16.5. The molecule has 84 valence electrons. The Hall–Kier alpha value is -1.83. The summed E-state index contributed by atoms with van der Waals surface area (Å²) in [6.07, 6.45) is 0. The molecule has 16 heavy (non-hydrogen) atoms. The van der Waals surface area contributed by atoms with Crippen LogP contribution in [-0.4, -0.2) is 26.2 Å². The Morgan fingerprint density at radius 2 is 2.38 bits per heavy atom. The molecule has 0 aromatic heterocycles. The topological polar surface area (TPSA) is 64.3 Å². The first-order valence-corrected chi connectivity index (χ1v) is 4.84. The SMILES string of the molecule is COCC(=O)Nc1cccc(C#CCN)c1. The molecule has 0 heterocycles. The van der Waals surface area contributed by atoms with Crippen molar-refractivity contribution in [3.63, 3.8) is 0 Å². The van der Waals surface area contributed by atoms with Gasteiger partial charge in [0.25, 0.3) is 0 Å². The van der Waals surface area contributed by atoms with E-state index in [2.05, 4.69) is 17.2 Å². The first-order valence-electron chi connectivity index (χ1n) is 4.84. The average molecular weight is 218 g/mol. The Morgan fingerprint density at radius 3 is 3.06 bits per heavy atom. The van der Waals surface area contributed by atoms with Gasteiger partial charge in [-0.05, 0) is 18.2 Å². The summed E-state index contributed by atoms with van der Waals surface area (Å²) in [5, 5.41) is 2.70. The molecule has 3 N–H and O–H groups in total. The van der Waals surface area contributed by atoms with Gasteiger partial charge in [0.05, 0.1) is 6.54 Å². The fourth-order valence-electron chi connectivity index (χ4n) is 1.16. The maximum Gasteiger partial charge on any atom is 0.250 e. The zero-order valence-electron chi connectivity index (χ0n) is 9.12. The number of rotatable bonds is 3. The van der Waals surface area contributed by atoms with Crippen molar-refractivity contribution in [2.45, 2.75) is 0 Å². The number of nitrogens with two attached hydrogens (primary N) is 1. The minimum Gasteiger partial charge on any atom is -0.375 e. The molecular formula is C12H14N2O2. The van der Waals surface area contributed by atoms with E-state index >= 15 is 0 Å². The molecule has 1 aromatic carbocycles. The van der Waals surface area contributed by atoms with Gasteiger partial charge in [-0.15, -0.1) is 0 Å². The molecule has 1 rings (SSSR count). The second-order valence-electron chi connectivity index (χ2n) is 3.07. The largest absolute Gasteiger partial charge is 0.375 e. The number of amides is 1. The highest BCUT2D eigenvalue weighted by molar-refractivity contribution is 5.91. The van der Waals surface area contributed by atoms with Crippen LogP contribution in [0, 0.1) is 11.8 Å². The molecule has 0 saturated carbocycles. The molecule has 0 radical (unpaired) electrons. The Bertz CT molecular complexity index is 419. The van der Waals surface area contributed by atoms with Crippen molar-refractivity contribution in [1.29, 1.82) is 0 Å². The number of carbonyl (C=O) groups excluding carboxylic acids is 1. The van der Waals surface area contributed by atoms with E-state index in [1.165, 1.54) is 7.11 Å². The summed E-state index contributed by atoms with van der Waals surface area (Å²) in [6, 6.07) is 7.26. The van der Waals surface area contributed by atoms with Gasteiger partial charge in [-0.1, -0.05) is 17.9 Å². The Labute approximate surface area is 94.8 Å².